The van der Waals surface area contributed by atoms with Crippen molar-refractivity contribution in [2.24, 2.45) is 5.92 Å². The number of H-pyrrole nitrogens is 1. The SMILES string of the molecule is CCC1CCCN(C(=O)c2ccc3cc[nH]c3c2)CC1. The summed E-state index contributed by atoms with van der Waals surface area (Å²) in [6.45, 7) is 4.06. The molecule has 0 aliphatic carbocycles. The van der Waals surface area contributed by atoms with E-state index in [1.165, 1.54) is 12.8 Å². The maximum absolute atomic E-state index is 12.6. The van der Waals surface area contributed by atoms with Gasteiger partial charge in [0.25, 0.3) is 5.91 Å². The molecule has 1 amide bonds. The summed E-state index contributed by atoms with van der Waals surface area (Å²) in [5.41, 5.74) is 1.84. The third-order valence-electron chi connectivity index (χ3n) is 4.51. The largest absolute Gasteiger partial charge is 0.361 e. The molecule has 1 N–H and O–H groups in total. The Morgan fingerprint density at radius 1 is 1.30 bits per heavy atom. The lowest BCUT2D eigenvalue weighted by Gasteiger charge is -2.20. The highest BCUT2D eigenvalue weighted by Crippen LogP contribution is 2.22. The Morgan fingerprint density at radius 2 is 2.20 bits per heavy atom. The molecule has 20 heavy (non-hydrogen) atoms. The Bertz CT molecular complexity index is 602. The maximum atomic E-state index is 12.6. The molecule has 2 aromatic rings. The summed E-state index contributed by atoms with van der Waals surface area (Å²) < 4.78 is 0. The van der Waals surface area contributed by atoms with E-state index in [4.69, 9.17) is 0 Å². The van der Waals surface area contributed by atoms with Gasteiger partial charge in [-0.25, -0.2) is 0 Å². The topological polar surface area (TPSA) is 36.1 Å². The van der Waals surface area contributed by atoms with Crippen LogP contribution >= 0.6 is 0 Å². The fourth-order valence-electron chi connectivity index (χ4n) is 3.14. The molecule has 1 atom stereocenters. The molecule has 3 nitrogen and oxygen atoms in total. The number of hydrogen-bond acceptors (Lipinski definition) is 1. The van der Waals surface area contributed by atoms with E-state index in [1.807, 2.05) is 35.4 Å². The Labute approximate surface area is 120 Å². The first-order chi connectivity index (χ1) is 9.78. The van der Waals surface area contributed by atoms with Gasteiger partial charge in [0.1, 0.15) is 0 Å². The molecule has 3 rings (SSSR count). The lowest BCUT2D eigenvalue weighted by molar-refractivity contribution is 0.0760. The van der Waals surface area contributed by atoms with Gasteiger partial charge in [-0.05, 0) is 48.8 Å². The van der Waals surface area contributed by atoms with E-state index in [1.54, 1.807) is 0 Å². The van der Waals surface area contributed by atoms with Crippen LogP contribution in [0.25, 0.3) is 10.9 Å². The maximum Gasteiger partial charge on any atom is 0.253 e. The van der Waals surface area contributed by atoms with Crippen LogP contribution in [0.4, 0.5) is 0 Å². The molecule has 1 aromatic heterocycles. The third kappa shape index (κ3) is 2.58. The van der Waals surface area contributed by atoms with Gasteiger partial charge >= 0.3 is 0 Å². The molecule has 0 spiro atoms. The van der Waals surface area contributed by atoms with Crippen molar-refractivity contribution >= 4 is 16.8 Å². The first-order valence-corrected chi connectivity index (χ1v) is 7.64. The lowest BCUT2D eigenvalue weighted by Crippen LogP contribution is -2.32. The molecule has 0 radical (unpaired) electrons. The molecule has 0 bridgehead atoms. The van der Waals surface area contributed by atoms with E-state index in [0.29, 0.717) is 0 Å². The number of fused-ring (bicyclic) bond motifs is 1. The van der Waals surface area contributed by atoms with Gasteiger partial charge in [-0.15, -0.1) is 0 Å². The molecule has 106 valence electrons. The van der Waals surface area contributed by atoms with Crippen molar-refractivity contribution in [3.05, 3.63) is 36.0 Å². The van der Waals surface area contributed by atoms with Gasteiger partial charge in [0.15, 0.2) is 0 Å². The number of nitrogens with one attached hydrogen (secondary N) is 1. The number of aromatic nitrogens is 1. The second-order valence-corrected chi connectivity index (χ2v) is 5.78. The number of aromatic amines is 1. The zero-order valence-electron chi connectivity index (χ0n) is 12.1. The molecular formula is C17H22N2O. The van der Waals surface area contributed by atoms with E-state index in [9.17, 15) is 4.79 Å². The highest BCUT2D eigenvalue weighted by molar-refractivity contribution is 5.97. The summed E-state index contributed by atoms with van der Waals surface area (Å²) in [5.74, 6) is 0.969. The predicted molar refractivity (Wildman–Crippen MR) is 81.8 cm³/mol. The monoisotopic (exact) mass is 270 g/mol. The lowest BCUT2D eigenvalue weighted by atomic mass is 9.98. The van der Waals surface area contributed by atoms with Crippen LogP contribution in [0.15, 0.2) is 30.5 Å². The first kappa shape index (κ1) is 13.2. The molecule has 2 heterocycles. The van der Waals surface area contributed by atoms with Gasteiger partial charge in [0.05, 0.1) is 0 Å². The summed E-state index contributed by atoms with van der Waals surface area (Å²) in [6.07, 6.45) is 6.69. The van der Waals surface area contributed by atoms with Gasteiger partial charge < -0.3 is 9.88 Å². The number of likely N-dealkylation sites (tertiary alicyclic amines) is 1. The Hall–Kier alpha value is -1.77. The minimum Gasteiger partial charge on any atom is -0.361 e. The highest BCUT2D eigenvalue weighted by Gasteiger charge is 2.20. The van der Waals surface area contributed by atoms with Crippen LogP contribution in [0.1, 0.15) is 43.0 Å². The molecule has 0 saturated carbocycles. The highest BCUT2D eigenvalue weighted by atomic mass is 16.2. The van der Waals surface area contributed by atoms with E-state index in [-0.39, 0.29) is 5.91 Å². The smallest absolute Gasteiger partial charge is 0.253 e. The number of hydrogen-bond donors (Lipinski definition) is 1. The van der Waals surface area contributed by atoms with E-state index in [2.05, 4.69) is 11.9 Å². The van der Waals surface area contributed by atoms with Crippen molar-refractivity contribution in [2.45, 2.75) is 32.6 Å². The fourth-order valence-corrected chi connectivity index (χ4v) is 3.14. The molecule has 1 aliphatic heterocycles. The number of nitrogens with zero attached hydrogens (tertiary/aromatic N) is 1. The second-order valence-electron chi connectivity index (χ2n) is 5.78. The Kier molecular flexibility index (Phi) is 3.77. The van der Waals surface area contributed by atoms with Crippen LogP contribution in [0.2, 0.25) is 0 Å². The summed E-state index contributed by atoms with van der Waals surface area (Å²) in [6, 6.07) is 7.97. The van der Waals surface area contributed by atoms with Crippen molar-refractivity contribution in [3.8, 4) is 0 Å². The van der Waals surface area contributed by atoms with Gasteiger partial charge in [0, 0.05) is 30.4 Å². The number of carbonyl (C=O) groups is 1. The minimum absolute atomic E-state index is 0.179. The van der Waals surface area contributed by atoms with Crippen molar-refractivity contribution in [3.63, 3.8) is 0 Å². The summed E-state index contributed by atoms with van der Waals surface area (Å²) >= 11 is 0. The normalized spacial score (nSPS) is 20.1. The van der Waals surface area contributed by atoms with E-state index < -0.39 is 0 Å². The van der Waals surface area contributed by atoms with Crippen LogP contribution in [0.3, 0.4) is 0 Å². The minimum atomic E-state index is 0.179. The Morgan fingerprint density at radius 3 is 3.05 bits per heavy atom. The quantitative estimate of drug-likeness (QED) is 0.884. The average Bonchev–Trinajstić information content (AvgIpc) is 2.81. The van der Waals surface area contributed by atoms with E-state index >= 15 is 0 Å². The Balaban J connectivity index is 1.77. The molecule has 1 fully saturated rings. The molecule has 1 saturated heterocycles. The average molecular weight is 270 g/mol. The zero-order chi connectivity index (χ0) is 13.9. The van der Waals surface area contributed by atoms with Crippen molar-refractivity contribution in [1.29, 1.82) is 0 Å². The molecule has 1 unspecified atom stereocenters. The first-order valence-electron chi connectivity index (χ1n) is 7.64. The molecular weight excluding hydrogens is 248 g/mol. The number of rotatable bonds is 2. The predicted octanol–water partition coefficient (Wildman–Crippen LogP) is 3.82. The zero-order valence-corrected chi connectivity index (χ0v) is 12.1. The van der Waals surface area contributed by atoms with Gasteiger partial charge in [-0.3, -0.25) is 4.79 Å². The fraction of sp³-hybridized carbons (Fsp3) is 0.471. The van der Waals surface area contributed by atoms with Crippen LogP contribution in [0.5, 0.6) is 0 Å². The number of carbonyl (C=O) groups excluding carboxylic acids is 1. The standard InChI is InChI=1S/C17H22N2O/c1-2-13-4-3-10-19(11-8-13)17(20)15-6-5-14-7-9-18-16(14)12-15/h5-7,9,12-13,18H,2-4,8,10-11H2,1H3. The van der Waals surface area contributed by atoms with Crippen LogP contribution in [-0.4, -0.2) is 28.9 Å². The third-order valence-corrected chi connectivity index (χ3v) is 4.51. The molecule has 1 aromatic carbocycles. The molecule has 1 aliphatic rings. The van der Waals surface area contributed by atoms with Crippen molar-refractivity contribution in [1.82, 2.24) is 9.88 Å². The van der Waals surface area contributed by atoms with Gasteiger partial charge in [-0.1, -0.05) is 19.4 Å². The summed E-state index contributed by atoms with van der Waals surface area (Å²) in [5, 5.41) is 1.16. The van der Waals surface area contributed by atoms with Gasteiger partial charge in [0.2, 0.25) is 0 Å². The van der Waals surface area contributed by atoms with Crippen LogP contribution in [-0.2, 0) is 0 Å². The summed E-state index contributed by atoms with van der Waals surface area (Å²) in [7, 11) is 0. The number of benzene rings is 1. The van der Waals surface area contributed by atoms with Crippen molar-refractivity contribution < 1.29 is 4.79 Å². The molecule has 3 heteroatoms. The van der Waals surface area contributed by atoms with Crippen LogP contribution < -0.4 is 0 Å². The van der Waals surface area contributed by atoms with Crippen LogP contribution in [0, 0.1) is 5.92 Å². The van der Waals surface area contributed by atoms with Gasteiger partial charge in [-0.2, -0.15) is 0 Å². The number of amides is 1. The second kappa shape index (κ2) is 5.70. The van der Waals surface area contributed by atoms with Crippen molar-refractivity contribution in [2.75, 3.05) is 13.1 Å². The van der Waals surface area contributed by atoms with E-state index in [0.717, 1.165) is 48.3 Å². The summed E-state index contributed by atoms with van der Waals surface area (Å²) in [4.78, 5) is 17.8.